The Bertz CT molecular complexity index is 136. The smallest absolute Gasteiger partial charge is 0.0338 e. The molecule has 0 saturated carbocycles. The van der Waals surface area contributed by atoms with Crippen LogP contribution in [-0.2, 0) is 0 Å². The molecule has 0 aromatic rings. The zero-order valence-corrected chi connectivity index (χ0v) is 8.42. The molecule has 0 bridgehead atoms. The Balaban J connectivity index is 0.000001000. The van der Waals surface area contributed by atoms with E-state index in [1.165, 1.54) is 19.4 Å². The van der Waals surface area contributed by atoms with Crippen LogP contribution in [0, 0.1) is 0 Å². The molecule has 0 aliphatic carbocycles. The van der Waals surface area contributed by atoms with Gasteiger partial charge in [0.25, 0.3) is 0 Å². The SMILES string of the molecule is C=C(Cl)CN1CCCC1C.Cl. The Morgan fingerprint density at radius 3 is 2.73 bits per heavy atom. The monoisotopic (exact) mass is 195 g/mol. The van der Waals surface area contributed by atoms with Crippen LogP contribution in [0.1, 0.15) is 19.8 Å². The van der Waals surface area contributed by atoms with Gasteiger partial charge in [0.1, 0.15) is 0 Å². The first-order valence-corrected chi connectivity index (χ1v) is 4.15. The first-order valence-electron chi connectivity index (χ1n) is 3.77. The largest absolute Gasteiger partial charge is 0.296 e. The second kappa shape index (κ2) is 5.02. The molecular weight excluding hydrogens is 181 g/mol. The molecule has 0 N–H and O–H groups in total. The Hall–Kier alpha value is 0.280. The molecule has 0 radical (unpaired) electrons. The quantitative estimate of drug-likeness (QED) is 0.656. The fourth-order valence-electron chi connectivity index (χ4n) is 1.45. The minimum absolute atomic E-state index is 0. The molecule has 1 aliphatic heterocycles. The minimum Gasteiger partial charge on any atom is -0.296 e. The third kappa shape index (κ3) is 3.46. The minimum atomic E-state index is 0. The third-order valence-corrected chi connectivity index (χ3v) is 2.18. The van der Waals surface area contributed by atoms with Gasteiger partial charge >= 0.3 is 0 Å². The molecule has 1 heterocycles. The van der Waals surface area contributed by atoms with Crippen molar-refractivity contribution in [2.75, 3.05) is 13.1 Å². The van der Waals surface area contributed by atoms with Crippen molar-refractivity contribution < 1.29 is 0 Å². The molecule has 1 saturated heterocycles. The van der Waals surface area contributed by atoms with Gasteiger partial charge in [0, 0.05) is 17.6 Å². The predicted molar refractivity (Wildman–Crippen MR) is 52.5 cm³/mol. The van der Waals surface area contributed by atoms with E-state index in [4.69, 9.17) is 11.6 Å². The molecule has 0 aromatic heterocycles. The topological polar surface area (TPSA) is 3.24 Å². The van der Waals surface area contributed by atoms with E-state index in [0.29, 0.717) is 6.04 Å². The van der Waals surface area contributed by atoms with Gasteiger partial charge in [0.15, 0.2) is 0 Å². The summed E-state index contributed by atoms with van der Waals surface area (Å²) < 4.78 is 0. The van der Waals surface area contributed by atoms with Crippen LogP contribution in [0.15, 0.2) is 11.6 Å². The van der Waals surface area contributed by atoms with Crippen LogP contribution < -0.4 is 0 Å². The standard InChI is InChI=1S/C8H14ClN.ClH/c1-7(9)6-10-5-3-4-8(10)2;/h8H,1,3-6H2,2H3;1H. The molecule has 66 valence electrons. The molecule has 0 aromatic carbocycles. The van der Waals surface area contributed by atoms with Crippen LogP contribution in [0.3, 0.4) is 0 Å². The van der Waals surface area contributed by atoms with Crippen molar-refractivity contribution in [2.45, 2.75) is 25.8 Å². The highest BCUT2D eigenvalue weighted by atomic mass is 35.5. The highest BCUT2D eigenvalue weighted by Crippen LogP contribution is 2.17. The lowest BCUT2D eigenvalue weighted by Gasteiger charge is -2.19. The first kappa shape index (κ1) is 11.3. The highest BCUT2D eigenvalue weighted by Gasteiger charge is 2.19. The summed E-state index contributed by atoms with van der Waals surface area (Å²) in [5.41, 5.74) is 0. The van der Waals surface area contributed by atoms with E-state index in [9.17, 15) is 0 Å². The predicted octanol–water partition coefficient (Wildman–Crippen LogP) is 2.65. The normalized spacial score (nSPS) is 24.7. The number of hydrogen-bond acceptors (Lipinski definition) is 1. The summed E-state index contributed by atoms with van der Waals surface area (Å²) in [6, 6.07) is 0.704. The second-order valence-corrected chi connectivity index (χ2v) is 3.51. The Morgan fingerprint density at radius 2 is 2.36 bits per heavy atom. The van der Waals surface area contributed by atoms with Gasteiger partial charge in [0.2, 0.25) is 0 Å². The van der Waals surface area contributed by atoms with E-state index < -0.39 is 0 Å². The molecule has 0 amide bonds. The zero-order valence-electron chi connectivity index (χ0n) is 6.85. The molecule has 1 nitrogen and oxygen atoms in total. The average Bonchev–Trinajstić information content (AvgIpc) is 2.15. The summed E-state index contributed by atoms with van der Waals surface area (Å²) in [7, 11) is 0. The van der Waals surface area contributed by atoms with Gasteiger partial charge in [-0.15, -0.1) is 12.4 Å². The van der Waals surface area contributed by atoms with E-state index in [-0.39, 0.29) is 12.4 Å². The lowest BCUT2D eigenvalue weighted by Crippen LogP contribution is -2.27. The van der Waals surface area contributed by atoms with Crippen LogP contribution in [0.4, 0.5) is 0 Å². The fourth-order valence-corrected chi connectivity index (χ4v) is 1.60. The van der Waals surface area contributed by atoms with Crippen molar-refractivity contribution in [3.05, 3.63) is 11.6 Å². The van der Waals surface area contributed by atoms with Crippen molar-refractivity contribution in [2.24, 2.45) is 0 Å². The van der Waals surface area contributed by atoms with E-state index in [1.54, 1.807) is 0 Å². The van der Waals surface area contributed by atoms with Gasteiger partial charge in [0.05, 0.1) is 0 Å². The summed E-state index contributed by atoms with van der Waals surface area (Å²) in [6.07, 6.45) is 2.62. The molecule has 1 atom stereocenters. The molecule has 11 heavy (non-hydrogen) atoms. The summed E-state index contributed by atoms with van der Waals surface area (Å²) in [4.78, 5) is 2.37. The number of hydrogen-bond donors (Lipinski definition) is 0. The lowest BCUT2D eigenvalue weighted by atomic mass is 10.2. The lowest BCUT2D eigenvalue weighted by molar-refractivity contribution is 0.296. The maximum Gasteiger partial charge on any atom is 0.0338 e. The van der Waals surface area contributed by atoms with Gasteiger partial charge in [-0.3, -0.25) is 4.90 Å². The molecule has 1 fully saturated rings. The van der Waals surface area contributed by atoms with E-state index in [1.807, 2.05) is 0 Å². The second-order valence-electron chi connectivity index (χ2n) is 2.98. The molecule has 1 aliphatic rings. The van der Waals surface area contributed by atoms with Crippen LogP contribution >= 0.6 is 24.0 Å². The number of nitrogens with zero attached hydrogens (tertiary/aromatic N) is 1. The van der Waals surface area contributed by atoms with Crippen molar-refractivity contribution in [3.63, 3.8) is 0 Å². The summed E-state index contributed by atoms with van der Waals surface area (Å²) in [5.74, 6) is 0. The molecule has 1 unspecified atom stereocenters. The molecule has 0 spiro atoms. The van der Waals surface area contributed by atoms with Gasteiger partial charge in [-0.1, -0.05) is 18.2 Å². The van der Waals surface area contributed by atoms with Crippen LogP contribution in [0.2, 0.25) is 0 Å². The first-order chi connectivity index (χ1) is 4.70. The molecule has 1 rings (SSSR count). The average molecular weight is 196 g/mol. The summed E-state index contributed by atoms with van der Waals surface area (Å²) in [5, 5.41) is 0.758. The highest BCUT2D eigenvalue weighted by molar-refractivity contribution is 6.29. The maximum absolute atomic E-state index is 5.69. The number of halogens is 2. The van der Waals surface area contributed by atoms with Crippen LogP contribution in [0.25, 0.3) is 0 Å². The van der Waals surface area contributed by atoms with Crippen molar-refractivity contribution in [3.8, 4) is 0 Å². The number of rotatable bonds is 2. The van der Waals surface area contributed by atoms with E-state index in [0.717, 1.165) is 11.6 Å². The van der Waals surface area contributed by atoms with Crippen LogP contribution in [0.5, 0.6) is 0 Å². The summed E-state index contributed by atoms with van der Waals surface area (Å²) >= 11 is 5.69. The van der Waals surface area contributed by atoms with Crippen molar-refractivity contribution >= 4 is 24.0 Å². The molecule has 3 heteroatoms. The zero-order chi connectivity index (χ0) is 7.56. The van der Waals surface area contributed by atoms with Crippen molar-refractivity contribution in [1.29, 1.82) is 0 Å². The Labute approximate surface area is 79.8 Å². The van der Waals surface area contributed by atoms with Gasteiger partial charge in [-0.25, -0.2) is 0 Å². The van der Waals surface area contributed by atoms with E-state index >= 15 is 0 Å². The number of likely N-dealkylation sites (tertiary alicyclic amines) is 1. The van der Waals surface area contributed by atoms with Gasteiger partial charge in [-0.05, 0) is 26.3 Å². The Morgan fingerprint density at radius 1 is 1.73 bits per heavy atom. The Kier molecular flexibility index (Phi) is 5.15. The van der Waals surface area contributed by atoms with Gasteiger partial charge < -0.3 is 0 Å². The van der Waals surface area contributed by atoms with Crippen LogP contribution in [-0.4, -0.2) is 24.0 Å². The maximum atomic E-state index is 5.69. The molecular formula is C8H15Cl2N. The van der Waals surface area contributed by atoms with Crippen molar-refractivity contribution in [1.82, 2.24) is 4.90 Å². The van der Waals surface area contributed by atoms with Gasteiger partial charge in [-0.2, -0.15) is 0 Å². The third-order valence-electron chi connectivity index (χ3n) is 2.07. The fraction of sp³-hybridized carbons (Fsp3) is 0.750. The summed E-state index contributed by atoms with van der Waals surface area (Å²) in [6.45, 7) is 7.97. The van der Waals surface area contributed by atoms with E-state index in [2.05, 4.69) is 18.4 Å².